The van der Waals surface area contributed by atoms with Gasteiger partial charge in [-0.05, 0) is 73.6 Å². The molecular formula is C38H24O. The Morgan fingerprint density at radius 3 is 1.59 bits per heavy atom. The lowest BCUT2D eigenvalue weighted by atomic mass is 9.95. The number of para-hydroxylation sites is 2. The third-order valence-corrected chi connectivity index (χ3v) is 7.86. The predicted molar refractivity (Wildman–Crippen MR) is 165 cm³/mol. The van der Waals surface area contributed by atoms with Gasteiger partial charge in [-0.2, -0.15) is 0 Å². The average molecular weight is 497 g/mol. The van der Waals surface area contributed by atoms with E-state index in [0.717, 1.165) is 33.1 Å². The number of furan rings is 1. The van der Waals surface area contributed by atoms with E-state index in [9.17, 15) is 0 Å². The van der Waals surface area contributed by atoms with Crippen LogP contribution >= 0.6 is 0 Å². The fourth-order valence-electron chi connectivity index (χ4n) is 5.79. The maximum Gasteiger partial charge on any atom is 0.143 e. The van der Waals surface area contributed by atoms with Crippen LogP contribution in [0, 0.1) is 0 Å². The first-order valence-corrected chi connectivity index (χ1v) is 13.3. The average Bonchev–Trinajstić information content (AvgIpc) is 3.39. The highest BCUT2D eigenvalue weighted by Crippen LogP contribution is 2.37. The van der Waals surface area contributed by atoms with E-state index in [1.54, 1.807) is 0 Å². The zero-order valence-electron chi connectivity index (χ0n) is 21.3. The van der Waals surface area contributed by atoms with Gasteiger partial charge in [0.25, 0.3) is 0 Å². The first-order chi connectivity index (χ1) is 19.3. The van der Waals surface area contributed by atoms with Crippen LogP contribution in [0.1, 0.15) is 0 Å². The first-order valence-electron chi connectivity index (χ1n) is 13.3. The Morgan fingerprint density at radius 1 is 0.333 bits per heavy atom. The summed E-state index contributed by atoms with van der Waals surface area (Å²) in [5, 5.41) is 7.35. The lowest BCUT2D eigenvalue weighted by Gasteiger charge is -2.09. The smallest absolute Gasteiger partial charge is 0.143 e. The molecule has 0 saturated heterocycles. The van der Waals surface area contributed by atoms with E-state index in [0.29, 0.717) is 0 Å². The SMILES string of the molecule is c1ccc2cc(-c3ccc4cc(-c5ccc(-c6cccc7c6oc6ccccc67)cc5)ccc4c3)ccc2c1. The largest absolute Gasteiger partial charge is 0.455 e. The van der Waals surface area contributed by atoms with Crippen LogP contribution in [0.15, 0.2) is 150 Å². The van der Waals surface area contributed by atoms with Crippen molar-refractivity contribution < 1.29 is 4.42 Å². The highest BCUT2D eigenvalue weighted by Gasteiger charge is 2.12. The van der Waals surface area contributed by atoms with E-state index in [1.807, 2.05) is 12.1 Å². The summed E-state index contributed by atoms with van der Waals surface area (Å²) in [5.41, 5.74) is 9.06. The Labute approximate surface area is 226 Å². The van der Waals surface area contributed by atoms with Crippen molar-refractivity contribution in [1.29, 1.82) is 0 Å². The summed E-state index contributed by atoms with van der Waals surface area (Å²) in [5.74, 6) is 0. The molecule has 7 aromatic carbocycles. The number of fused-ring (bicyclic) bond motifs is 5. The molecule has 1 heteroatoms. The van der Waals surface area contributed by atoms with Gasteiger partial charge in [-0.25, -0.2) is 0 Å². The predicted octanol–water partition coefficient (Wildman–Crippen LogP) is 10.9. The molecule has 1 aromatic heterocycles. The first kappa shape index (κ1) is 21.9. The van der Waals surface area contributed by atoms with Gasteiger partial charge in [-0.15, -0.1) is 0 Å². The maximum atomic E-state index is 6.26. The molecule has 182 valence electrons. The molecule has 0 radical (unpaired) electrons. The van der Waals surface area contributed by atoms with E-state index in [-0.39, 0.29) is 0 Å². The van der Waals surface area contributed by atoms with Crippen LogP contribution in [0.4, 0.5) is 0 Å². The minimum absolute atomic E-state index is 0.927. The summed E-state index contributed by atoms with van der Waals surface area (Å²) in [6, 6.07) is 52.2. The fraction of sp³-hybridized carbons (Fsp3) is 0. The molecule has 0 unspecified atom stereocenters. The molecule has 0 amide bonds. The van der Waals surface area contributed by atoms with Crippen molar-refractivity contribution in [3.8, 4) is 33.4 Å². The molecule has 0 fully saturated rings. The monoisotopic (exact) mass is 496 g/mol. The Hall–Kier alpha value is -5.14. The lowest BCUT2D eigenvalue weighted by molar-refractivity contribution is 0.670. The summed E-state index contributed by atoms with van der Waals surface area (Å²) in [4.78, 5) is 0. The highest BCUT2D eigenvalue weighted by atomic mass is 16.3. The van der Waals surface area contributed by atoms with E-state index in [4.69, 9.17) is 4.42 Å². The summed E-state index contributed by atoms with van der Waals surface area (Å²) in [6.45, 7) is 0. The Kier molecular flexibility index (Phi) is 4.89. The van der Waals surface area contributed by atoms with Gasteiger partial charge in [-0.3, -0.25) is 0 Å². The van der Waals surface area contributed by atoms with Crippen LogP contribution in [0.5, 0.6) is 0 Å². The normalized spacial score (nSPS) is 11.6. The standard InChI is InChI=1S/C38H24O/c1-2-7-28-22-30(17-14-25(28)6-1)33-21-20-31-23-29(18-19-32(31)24-33)26-12-15-27(16-13-26)34-9-5-10-36-35-8-3-4-11-37(35)39-38(34)36/h1-24H. The number of hydrogen-bond acceptors (Lipinski definition) is 1. The van der Waals surface area contributed by atoms with Gasteiger partial charge in [0.15, 0.2) is 0 Å². The van der Waals surface area contributed by atoms with Gasteiger partial charge in [-0.1, -0.05) is 121 Å². The fourth-order valence-corrected chi connectivity index (χ4v) is 5.79. The van der Waals surface area contributed by atoms with Crippen molar-refractivity contribution in [3.05, 3.63) is 146 Å². The van der Waals surface area contributed by atoms with E-state index in [1.165, 1.54) is 43.8 Å². The molecule has 1 nitrogen and oxygen atoms in total. The minimum atomic E-state index is 0.927. The molecule has 1 heterocycles. The quantitative estimate of drug-likeness (QED) is 0.237. The highest BCUT2D eigenvalue weighted by molar-refractivity contribution is 6.09. The lowest BCUT2D eigenvalue weighted by Crippen LogP contribution is -1.83. The molecule has 8 aromatic rings. The number of rotatable bonds is 3. The van der Waals surface area contributed by atoms with E-state index >= 15 is 0 Å². The molecule has 0 aliphatic rings. The Bertz CT molecular complexity index is 2160. The molecular weight excluding hydrogens is 472 g/mol. The van der Waals surface area contributed by atoms with Crippen molar-refractivity contribution in [3.63, 3.8) is 0 Å². The summed E-state index contributed by atoms with van der Waals surface area (Å²) >= 11 is 0. The zero-order valence-corrected chi connectivity index (χ0v) is 21.3. The van der Waals surface area contributed by atoms with Crippen LogP contribution in [-0.2, 0) is 0 Å². The maximum absolute atomic E-state index is 6.26. The van der Waals surface area contributed by atoms with Crippen molar-refractivity contribution in [2.24, 2.45) is 0 Å². The topological polar surface area (TPSA) is 13.1 Å². The second-order valence-electron chi connectivity index (χ2n) is 10.2. The van der Waals surface area contributed by atoms with Gasteiger partial charge >= 0.3 is 0 Å². The molecule has 0 spiro atoms. The van der Waals surface area contributed by atoms with Crippen LogP contribution < -0.4 is 0 Å². The molecule has 0 saturated carbocycles. The summed E-state index contributed by atoms with van der Waals surface area (Å²) in [7, 11) is 0. The van der Waals surface area contributed by atoms with Crippen molar-refractivity contribution >= 4 is 43.5 Å². The summed E-state index contributed by atoms with van der Waals surface area (Å²) in [6.07, 6.45) is 0. The molecule has 0 aliphatic heterocycles. The van der Waals surface area contributed by atoms with Crippen molar-refractivity contribution in [2.45, 2.75) is 0 Å². The Morgan fingerprint density at radius 2 is 0.846 bits per heavy atom. The van der Waals surface area contributed by atoms with Gasteiger partial charge in [0.05, 0.1) is 0 Å². The van der Waals surface area contributed by atoms with Crippen LogP contribution in [0.3, 0.4) is 0 Å². The second kappa shape index (κ2) is 8.72. The molecule has 0 bridgehead atoms. The van der Waals surface area contributed by atoms with Gasteiger partial charge < -0.3 is 4.42 Å². The number of benzene rings is 7. The van der Waals surface area contributed by atoms with Crippen molar-refractivity contribution in [2.75, 3.05) is 0 Å². The van der Waals surface area contributed by atoms with Crippen LogP contribution in [0.25, 0.3) is 76.9 Å². The minimum Gasteiger partial charge on any atom is -0.455 e. The molecule has 8 rings (SSSR count). The summed E-state index contributed by atoms with van der Waals surface area (Å²) < 4.78 is 6.26. The van der Waals surface area contributed by atoms with E-state index in [2.05, 4.69) is 133 Å². The zero-order chi connectivity index (χ0) is 25.8. The second-order valence-corrected chi connectivity index (χ2v) is 10.2. The van der Waals surface area contributed by atoms with Gasteiger partial charge in [0.1, 0.15) is 11.2 Å². The van der Waals surface area contributed by atoms with Crippen LogP contribution in [0.2, 0.25) is 0 Å². The molecule has 39 heavy (non-hydrogen) atoms. The van der Waals surface area contributed by atoms with Crippen molar-refractivity contribution in [1.82, 2.24) is 0 Å². The third-order valence-electron chi connectivity index (χ3n) is 7.86. The third kappa shape index (κ3) is 3.71. The van der Waals surface area contributed by atoms with Gasteiger partial charge in [0, 0.05) is 16.3 Å². The molecule has 0 atom stereocenters. The van der Waals surface area contributed by atoms with E-state index < -0.39 is 0 Å². The Balaban J connectivity index is 1.13. The molecule has 0 N–H and O–H groups in total. The van der Waals surface area contributed by atoms with Crippen LogP contribution in [-0.4, -0.2) is 0 Å². The number of hydrogen-bond donors (Lipinski definition) is 0. The molecule has 0 aliphatic carbocycles. The van der Waals surface area contributed by atoms with Gasteiger partial charge in [0.2, 0.25) is 0 Å².